The maximum absolute atomic E-state index is 12.3. The summed E-state index contributed by atoms with van der Waals surface area (Å²) in [5.74, 6) is 2.05. The number of amides is 1. The molecule has 3 rings (SSSR count). The fourth-order valence-corrected chi connectivity index (χ4v) is 2.78. The molecule has 0 bridgehead atoms. The average molecular weight is 299 g/mol. The maximum Gasteiger partial charge on any atom is 0.260 e. The quantitative estimate of drug-likeness (QED) is 0.870. The molecule has 0 N–H and O–H groups in total. The number of hydrogen-bond acceptors (Lipinski definition) is 3. The highest BCUT2D eigenvalue weighted by molar-refractivity contribution is 5.78. The summed E-state index contributed by atoms with van der Waals surface area (Å²) >= 11 is 0. The standard InChI is InChI=1S/C18H21NO3/c1-13-5-6-16(10-14(13)2)22-12-18(20)19-8-7-15(11-19)17-4-3-9-21-17/h3-6,9-10,15H,7-8,11-12H2,1-2H3. The minimum absolute atomic E-state index is 0.0345. The van der Waals surface area contributed by atoms with Crippen molar-refractivity contribution in [1.82, 2.24) is 4.90 Å². The molecule has 1 aromatic carbocycles. The van der Waals surface area contributed by atoms with Gasteiger partial charge in [0.1, 0.15) is 11.5 Å². The van der Waals surface area contributed by atoms with E-state index in [1.807, 2.05) is 42.2 Å². The van der Waals surface area contributed by atoms with Crippen molar-refractivity contribution in [3.05, 3.63) is 53.5 Å². The van der Waals surface area contributed by atoms with E-state index in [0.717, 1.165) is 24.5 Å². The van der Waals surface area contributed by atoms with Crippen molar-refractivity contribution in [3.8, 4) is 5.75 Å². The number of rotatable bonds is 4. The Morgan fingerprint density at radius 1 is 1.32 bits per heavy atom. The molecule has 4 nitrogen and oxygen atoms in total. The molecule has 0 radical (unpaired) electrons. The van der Waals surface area contributed by atoms with Gasteiger partial charge in [0.15, 0.2) is 6.61 Å². The van der Waals surface area contributed by atoms with Crippen molar-refractivity contribution in [3.63, 3.8) is 0 Å². The van der Waals surface area contributed by atoms with Gasteiger partial charge < -0.3 is 14.1 Å². The fourth-order valence-electron chi connectivity index (χ4n) is 2.78. The smallest absolute Gasteiger partial charge is 0.260 e. The van der Waals surface area contributed by atoms with Crippen LogP contribution < -0.4 is 4.74 Å². The van der Waals surface area contributed by atoms with E-state index in [9.17, 15) is 4.79 Å². The third kappa shape index (κ3) is 3.16. The SMILES string of the molecule is Cc1ccc(OCC(=O)N2CCC(c3ccco3)C2)cc1C. The number of carbonyl (C=O) groups excluding carboxylic acids is 1. The second-order valence-electron chi connectivity index (χ2n) is 5.88. The second-order valence-corrected chi connectivity index (χ2v) is 5.88. The normalized spacial score (nSPS) is 17.7. The largest absolute Gasteiger partial charge is 0.484 e. The van der Waals surface area contributed by atoms with Crippen LogP contribution in [0.2, 0.25) is 0 Å². The molecule has 1 unspecified atom stereocenters. The van der Waals surface area contributed by atoms with E-state index in [1.54, 1.807) is 6.26 Å². The molecule has 1 fully saturated rings. The van der Waals surface area contributed by atoms with Gasteiger partial charge in [0.25, 0.3) is 5.91 Å². The first-order valence-corrected chi connectivity index (χ1v) is 7.64. The minimum atomic E-state index is 0.0345. The van der Waals surface area contributed by atoms with Crippen LogP contribution in [0, 0.1) is 13.8 Å². The highest BCUT2D eigenvalue weighted by Crippen LogP contribution is 2.27. The molecular weight excluding hydrogens is 278 g/mol. The van der Waals surface area contributed by atoms with E-state index in [1.165, 1.54) is 11.1 Å². The van der Waals surface area contributed by atoms with Crippen LogP contribution in [0.25, 0.3) is 0 Å². The van der Waals surface area contributed by atoms with E-state index < -0.39 is 0 Å². The molecule has 22 heavy (non-hydrogen) atoms. The molecule has 0 aliphatic carbocycles. The predicted molar refractivity (Wildman–Crippen MR) is 84.1 cm³/mol. The summed E-state index contributed by atoms with van der Waals surface area (Å²) in [4.78, 5) is 14.1. The maximum atomic E-state index is 12.3. The zero-order valence-corrected chi connectivity index (χ0v) is 13.0. The highest BCUT2D eigenvalue weighted by Gasteiger charge is 2.28. The molecule has 0 saturated carbocycles. The van der Waals surface area contributed by atoms with Crippen molar-refractivity contribution in [2.75, 3.05) is 19.7 Å². The lowest BCUT2D eigenvalue weighted by Gasteiger charge is -2.16. The van der Waals surface area contributed by atoms with Gasteiger partial charge in [-0.05, 0) is 55.7 Å². The zero-order valence-electron chi connectivity index (χ0n) is 13.0. The highest BCUT2D eigenvalue weighted by atomic mass is 16.5. The van der Waals surface area contributed by atoms with E-state index in [-0.39, 0.29) is 12.5 Å². The first-order chi connectivity index (χ1) is 10.6. The molecule has 116 valence electrons. The van der Waals surface area contributed by atoms with Crippen LogP contribution in [-0.4, -0.2) is 30.5 Å². The van der Waals surface area contributed by atoms with Crippen molar-refractivity contribution >= 4 is 5.91 Å². The number of furan rings is 1. The number of nitrogens with zero attached hydrogens (tertiary/aromatic N) is 1. The summed E-state index contributed by atoms with van der Waals surface area (Å²) in [7, 11) is 0. The molecule has 1 aliphatic heterocycles. The van der Waals surface area contributed by atoms with Crippen LogP contribution in [0.1, 0.15) is 29.2 Å². The summed E-state index contributed by atoms with van der Waals surface area (Å²) in [5, 5.41) is 0. The van der Waals surface area contributed by atoms with Crippen LogP contribution >= 0.6 is 0 Å². The van der Waals surface area contributed by atoms with Gasteiger partial charge in [0, 0.05) is 19.0 Å². The average Bonchev–Trinajstić information content (AvgIpc) is 3.18. The minimum Gasteiger partial charge on any atom is -0.484 e. The molecule has 1 saturated heterocycles. The van der Waals surface area contributed by atoms with Gasteiger partial charge in [-0.1, -0.05) is 6.07 Å². The molecule has 1 amide bonds. The Bertz CT molecular complexity index is 648. The third-order valence-corrected chi connectivity index (χ3v) is 4.33. The first kappa shape index (κ1) is 14.7. The lowest BCUT2D eigenvalue weighted by Crippen LogP contribution is -2.32. The molecular formula is C18H21NO3. The predicted octanol–water partition coefficient (Wildman–Crippen LogP) is 3.29. The van der Waals surface area contributed by atoms with Gasteiger partial charge in [-0.25, -0.2) is 0 Å². The number of hydrogen-bond donors (Lipinski definition) is 0. The summed E-state index contributed by atoms with van der Waals surface area (Å²) in [6, 6.07) is 9.76. The lowest BCUT2D eigenvalue weighted by atomic mass is 10.1. The Balaban J connectivity index is 1.53. The third-order valence-electron chi connectivity index (χ3n) is 4.33. The van der Waals surface area contributed by atoms with E-state index in [2.05, 4.69) is 6.92 Å². The summed E-state index contributed by atoms with van der Waals surface area (Å²) < 4.78 is 11.1. The number of ether oxygens (including phenoxy) is 1. The first-order valence-electron chi connectivity index (χ1n) is 7.64. The zero-order chi connectivity index (χ0) is 15.5. The molecule has 1 atom stereocenters. The molecule has 1 aliphatic rings. The van der Waals surface area contributed by atoms with Gasteiger partial charge in [0.05, 0.1) is 6.26 Å². The van der Waals surface area contributed by atoms with Crippen molar-refractivity contribution in [1.29, 1.82) is 0 Å². The molecule has 2 aromatic rings. The van der Waals surface area contributed by atoms with Crippen LogP contribution in [0.3, 0.4) is 0 Å². The van der Waals surface area contributed by atoms with Gasteiger partial charge in [-0.2, -0.15) is 0 Å². The summed E-state index contributed by atoms with van der Waals surface area (Å²) in [6.07, 6.45) is 2.63. The molecule has 4 heteroatoms. The van der Waals surface area contributed by atoms with Crippen LogP contribution in [0.15, 0.2) is 41.0 Å². The molecule has 1 aromatic heterocycles. The lowest BCUT2D eigenvalue weighted by molar-refractivity contribution is -0.132. The Hall–Kier alpha value is -2.23. The monoisotopic (exact) mass is 299 g/mol. The van der Waals surface area contributed by atoms with Crippen molar-refractivity contribution in [2.45, 2.75) is 26.2 Å². The van der Waals surface area contributed by atoms with Gasteiger partial charge >= 0.3 is 0 Å². The number of aryl methyl sites for hydroxylation is 2. The van der Waals surface area contributed by atoms with Crippen LogP contribution in [0.4, 0.5) is 0 Å². The Morgan fingerprint density at radius 3 is 2.91 bits per heavy atom. The number of benzene rings is 1. The van der Waals surface area contributed by atoms with E-state index in [0.29, 0.717) is 12.5 Å². The second kappa shape index (κ2) is 6.26. The van der Waals surface area contributed by atoms with Crippen molar-refractivity contribution < 1.29 is 13.9 Å². The number of likely N-dealkylation sites (tertiary alicyclic amines) is 1. The topological polar surface area (TPSA) is 42.7 Å². The molecule has 0 spiro atoms. The van der Waals surface area contributed by atoms with E-state index in [4.69, 9.17) is 9.15 Å². The molecule has 2 heterocycles. The Morgan fingerprint density at radius 2 is 2.18 bits per heavy atom. The van der Waals surface area contributed by atoms with Gasteiger partial charge in [-0.3, -0.25) is 4.79 Å². The van der Waals surface area contributed by atoms with Gasteiger partial charge in [0.2, 0.25) is 0 Å². The Labute approximate surface area is 130 Å². The number of carbonyl (C=O) groups is 1. The fraction of sp³-hybridized carbons (Fsp3) is 0.389. The summed E-state index contributed by atoms with van der Waals surface area (Å²) in [5.41, 5.74) is 2.39. The van der Waals surface area contributed by atoms with E-state index >= 15 is 0 Å². The van der Waals surface area contributed by atoms with Crippen molar-refractivity contribution in [2.24, 2.45) is 0 Å². The van der Waals surface area contributed by atoms with Gasteiger partial charge in [-0.15, -0.1) is 0 Å². The van der Waals surface area contributed by atoms with Crippen LogP contribution in [0.5, 0.6) is 5.75 Å². The Kier molecular flexibility index (Phi) is 4.18. The summed E-state index contributed by atoms with van der Waals surface area (Å²) in [6.45, 7) is 5.66. The van der Waals surface area contributed by atoms with Crippen LogP contribution in [-0.2, 0) is 4.79 Å².